The summed E-state index contributed by atoms with van der Waals surface area (Å²) in [7, 11) is 0. The Hall–Kier alpha value is -2.49. The monoisotopic (exact) mass is 312 g/mol. The molecule has 3 N–H and O–H groups in total. The summed E-state index contributed by atoms with van der Waals surface area (Å²) in [6.45, 7) is 6.03. The second-order valence-corrected chi connectivity index (χ2v) is 5.72. The average Bonchev–Trinajstić information content (AvgIpc) is 2.54. The Bertz CT molecular complexity index is 670. The van der Waals surface area contributed by atoms with Gasteiger partial charge in [-0.25, -0.2) is 0 Å². The summed E-state index contributed by atoms with van der Waals surface area (Å²) in [6, 6.07) is 15.0. The van der Waals surface area contributed by atoms with Gasteiger partial charge in [0, 0.05) is 11.4 Å². The lowest BCUT2D eigenvalue weighted by Crippen LogP contribution is -2.30. The predicted octanol–water partition coefficient (Wildman–Crippen LogP) is 4.19. The van der Waals surface area contributed by atoms with Crippen LogP contribution in [0, 0.1) is 0 Å². The number of nitrogens with one attached hydrogen (secondary N) is 1. The zero-order valence-corrected chi connectivity index (χ0v) is 13.9. The molecule has 0 radical (unpaired) electrons. The molecule has 0 unspecified atom stereocenters. The summed E-state index contributed by atoms with van der Waals surface area (Å²) in [4.78, 5) is 12.3. The van der Waals surface area contributed by atoms with Crippen molar-refractivity contribution in [2.45, 2.75) is 39.2 Å². The number of hydrogen-bond donors (Lipinski definition) is 2. The van der Waals surface area contributed by atoms with Crippen molar-refractivity contribution in [2.24, 2.45) is 0 Å². The lowest BCUT2D eigenvalue weighted by Gasteiger charge is -2.19. The van der Waals surface area contributed by atoms with E-state index in [9.17, 15) is 4.79 Å². The SMILES string of the molecule is CC[C@H](C)c1ccccc1O[C@H](C)C(=O)Nc1cccc(N)c1. The predicted molar refractivity (Wildman–Crippen MR) is 94.7 cm³/mol. The number of anilines is 2. The fourth-order valence-corrected chi connectivity index (χ4v) is 2.32. The number of amides is 1. The first kappa shape index (κ1) is 16.9. The highest BCUT2D eigenvalue weighted by molar-refractivity contribution is 5.94. The van der Waals surface area contributed by atoms with Crippen LogP contribution in [0.2, 0.25) is 0 Å². The molecule has 2 atom stereocenters. The van der Waals surface area contributed by atoms with Crippen LogP contribution < -0.4 is 15.8 Å². The van der Waals surface area contributed by atoms with Crippen LogP contribution in [0.25, 0.3) is 0 Å². The van der Waals surface area contributed by atoms with E-state index in [4.69, 9.17) is 10.5 Å². The maximum Gasteiger partial charge on any atom is 0.265 e. The molecule has 0 bridgehead atoms. The van der Waals surface area contributed by atoms with Crippen LogP contribution in [0.5, 0.6) is 5.75 Å². The van der Waals surface area contributed by atoms with Crippen molar-refractivity contribution in [2.75, 3.05) is 11.1 Å². The molecule has 4 nitrogen and oxygen atoms in total. The Morgan fingerprint density at radius 3 is 2.61 bits per heavy atom. The molecule has 0 aliphatic carbocycles. The molecular formula is C19H24N2O2. The maximum atomic E-state index is 12.3. The van der Waals surface area contributed by atoms with Gasteiger partial charge in [0.25, 0.3) is 5.91 Å². The summed E-state index contributed by atoms with van der Waals surface area (Å²) in [6.07, 6.45) is 0.422. The number of para-hydroxylation sites is 1. The van der Waals surface area contributed by atoms with E-state index < -0.39 is 6.10 Å². The third kappa shape index (κ3) is 4.49. The standard InChI is InChI=1S/C19H24N2O2/c1-4-13(2)17-10-5-6-11-18(17)23-14(3)19(22)21-16-9-7-8-15(20)12-16/h5-14H,4,20H2,1-3H3,(H,21,22)/t13-,14+/m0/s1. The Morgan fingerprint density at radius 2 is 1.91 bits per heavy atom. The Balaban J connectivity index is 2.07. The molecule has 2 aromatic carbocycles. The van der Waals surface area contributed by atoms with Crippen LogP contribution >= 0.6 is 0 Å². The second kappa shape index (κ2) is 7.68. The van der Waals surface area contributed by atoms with E-state index in [1.165, 1.54) is 0 Å². The topological polar surface area (TPSA) is 64.3 Å². The zero-order valence-electron chi connectivity index (χ0n) is 13.9. The highest BCUT2D eigenvalue weighted by Gasteiger charge is 2.18. The van der Waals surface area contributed by atoms with Crippen molar-refractivity contribution in [3.63, 3.8) is 0 Å². The van der Waals surface area contributed by atoms with Gasteiger partial charge < -0.3 is 15.8 Å². The van der Waals surface area contributed by atoms with Gasteiger partial charge >= 0.3 is 0 Å². The molecule has 0 saturated carbocycles. The van der Waals surface area contributed by atoms with Crippen molar-refractivity contribution < 1.29 is 9.53 Å². The normalized spacial score (nSPS) is 13.2. The van der Waals surface area contributed by atoms with Crippen molar-refractivity contribution >= 4 is 17.3 Å². The number of nitrogens with two attached hydrogens (primary N) is 1. The molecule has 1 amide bonds. The molecule has 23 heavy (non-hydrogen) atoms. The van der Waals surface area contributed by atoms with Gasteiger partial charge in [0.05, 0.1) is 0 Å². The van der Waals surface area contributed by atoms with Crippen LogP contribution in [0.3, 0.4) is 0 Å². The molecule has 0 fully saturated rings. The van der Waals surface area contributed by atoms with E-state index in [0.29, 0.717) is 17.3 Å². The molecule has 0 aliphatic heterocycles. The molecule has 0 aliphatic rings. The fourth-order valence-electron chi connectivity index (χ4n) is 2.32. The number of nitrogen functional groups attached to an aromatic ring is 1. The van der Waals surface area contributed by atoms with Crippen molar-refractivity contribution in [1.82, 2.24) is 0 Å². The van der Waals surface area contributed by atoms with Gasteiger partial charge in [-0.2, -0.15) is 0 Å². The Kier molecular flexibility index (Phi) is 5.63. The molecule has 4 heteroatoms. The van der Waals surface area contributed by atoms with Crippen LogP contribution in [0.15, 0.2) is 48.5 Å². The maximum absolute atomic E-state index is 12.3. The van der Waals surface area contributed by atoms with E-state index in [1.54, 1.807) is 31.2 Å². The highest BCUT2D eigenvalue weighted by Crippen LogP contribution is 2.29. The van der Waals surface area contributed by atoms with Gasteiger partial charge in [-0.05, 0) is 49.1 Å². The highest BCUT2D eigenvalue weighted by atomic mass is 16.5. The lowest BCUT2D eigenvalue weighted by atomic mass is 9.98. The third-order valence-electron chi connectivity index (χ3n) is 3.89. The first-order valence-electron chi connectivity index (χ1n) is 7.93. The van der Waals surface area contributed by atoms with Crippen molar-refractivity contribution in [1.29, 1.82) is 0 Å². The molecule has 0 saturated heterocycles. The quantitative estimate of drug-likeness (QED) is 0.786. The lowest BCUT2D eigenvalue weighted by molar-refractivity contribution is -0.122. The number of carbonyl (C=O) groups excluding carboxylic acids is 1. The number of ether oxygens (including phenoxy) is 1. The van der Waals surface area contributed by atoms with Crippen molar-refractivity contribution in [3.05, 3.63) is 54.1 Å². The van der Waals surface area contributed by atoms with Gasteiger partial charge in [0.1, 0.15) is 5.75 Å². The van der Waals surface area contributed by atoms with Crippen molar-refractivity contribution in [3.8, 4) is 5.75 Å². The van der Waals surface area contributed by atoms with Crippen LogP contribution in [0.1, 0.15) is 38.7 Å². The molecule has 122 valence electrons. The number of rotatable bonds is 6. The number of carbonyl (C=O) groups is 1. The minimum absolute atomic E-state index is 0.199. The van der Waals surface area contributed by atoms with Gasteiger partial charge in [-0.3, -0.25) is 4.79 Å². The van der Waals surface area contributed by atoms with Gasteiger partial charge in [0.2, 0.25) is 0 Å². The van der Waals surface area contributed by atoms with Gasteiger partial charge in [-0.1, -0.05) is 38.1 Å². The average molecular weight is 312 g/mol. The van der Waals surface area contributed by atoms with E-state index in [2.05, 4.69) is 19.2 Å². The minimum Gasteiger partial charge on any atom is -0.481 e. The molecule has 2 rings (SSSR count). The first-order valence-corrected chi connectivity index (χ1v) is 7.93. The number of benzene rings is 2. The molecular weight excluding hydrogens is 288 g/mol. The Morgan fingerprint density at radius 1 is 1.17 bits per heavy atom. The smallest absolute Gasteiger partial charge is 0.265 e. The van der Waals surface area contributed by atoms with Crippen LogP contribution in [0.4, 0.5) is 11.4 Å². The summed E-state index contributed by atoms with van der Waals surface area (Å²) < 4.78 is 5.89. The Labute approximate surface area is 137 Å². The first-order chi connectivity index (χ1) is 11.0. The second-order valence-electron chi connectivity index (χ2n) is 5.72. The molecule has 2 aromatic rings. The van der Waals surface area contributed by atoms with Crippen LogP contribution in [-0.4, -0.2) is 12.0 Å². The van der Waals surface area contributed by atoms with E-state index in [0.717, 1.165) is 17.7 Å². The number of hydrogen-bond acceptors (Lipinski definition) is 3. The van der Waals surface area contributed by atoms with E-state index >= 15 is 0 Å². The summed E-state index contributed by atoms with van der Waals surface area (Å²) in [5.41, 5.74) is 8.12. The van der Waals surface area contributed by atoms with Gasteiger partial charge in [0.15, 0.2) is 6.10 Å². The van der Waals surface area contributed by atoms with Crippen LogP contribution in [-0.2, 0) is 4.79 Å². The summed E-state index contributed by atoms with van der Waals surface area (Å²) in [5.74, 6) is 0.946. The van der Waals surface area contributed by atoms with Gasteiger partial charge in [-0.15, -0.1) is 0 Å². The summed E-state index contributed by atoms with van der Waals surface area (Å²) >= 11 is 0. The zero-order chi connectivity index (χ0) is 16.8. The largest absolute Gasteiger partial charge is 0.481 e. The van der Waals surface area contributed by atoms with E-state index in [-0.39, 0.29) is 5.91 Å². The molecule has 0 spiro atoms. The fraction of sp³-hybridized carbons (Fsp3) is 0.316. The molecule has 0 heterocycles. The third-order valence-corrected chi connectivity index (χ3v) is 3.89. The summed E-state index contributed by atoms with van der Waals surface area (Å²) in [5, 5.41) is 2.82. The minimum atomic E-state index is -0.596. The molecule has 0 aromatic heterocycles. The van der Waals surface area contributed by atoms with E-state index in [1.807, 2.05) is 24.3 Å².